The van der Waals surface area contributed by atoms with E-state index in [2.05, 4.69) is 64.2 Å². The smallest absolute Gasteiger partial charge is 0.303 e. The van der Waals surface area contributed by atoms with E-state index >= 15 is 0 Å². The van der Waals surface area contributed by atoms with Gasteiger partial charge in [-0.25, -0.2) is 4.72 Å². The van der Waals surface area contributed by atoms with Gasteiger partial charge in [-0.15, -0.1) is 0 Å². The number of amides is 1. The van der Waals surface area contributed by atoms with Gasteiger partial charge in [0.15, 0.2) is 0 Å². The minimum absolute atomic E-state index is 0.105. The maximum Gasteiger partial charge on any atom is 0.303 e. The largest absolute Gasteiger partial charge is 0.491 e. The molecule has 244 valence electrons. The molecular formula is C35H49N5O4S. The number of benzene rings is 2. The second kappa shape index (κ2) is 13.4. The lowest BCUT2D eigenvalue weighted by atomic mass is 9.81. The number of hydrogen-bond acceptors (Lipinski definition) is 6. The van der Waals surface area contributed by atoms with Crippen LogP contribution < -0.4 is 9.46 Å². The number of hydrogen-bond donors (Lipinski definition) is 1. The van der Waals surface area contributed by atoms with Crippen LogP contribution in [0.15, 0.2) is 36.4 Å². The topological polar surface area (TPSA) is 87.1 Å². The van der Waals surface area contributed by atoms with Gasteiger partial charge in [0.2, 0.25) is 0 Å². The van der Waals surface area contributed by atoms with Gasteiger partial charge in [-0.05, 0) is 68.1 Å². The summed E-state index contributed by atoms with van der Waals surface area (Å²) >= 11 is 0. The quantitative estimate of drug-likeness (QED) is 0.422. The molecule has 9 nitrogen and oxygen atoms in total. The summed E-state index contributed by atoms with van der Waals surface area (Å²) in [6.45, 7) is 8.89. The zero-order valence-corrected chi connectivity index (χ0v) is 28.2. The van der Waals surface area contributed by atoms with Crippen LogP contribution in [0.25, 0.3) is 22.2 Å². The molecule has 3 heterocycles. The molecule has 2 aromatic carbocycles. The van der Waals surface area contributed by atoms with E-state index in [4.69, 9.17) is 4.74 Å². The van der Waals surface area contributed by atoms with E-state index in [1.165, 1.54) is 47.4 Å². The van der Waals surface area contributed by atoms with Crippen molar-refractivity contribution in [2.45, 2.75) is 77.3 Å². The van der Waals surface area contributed by atoms with Crippen LogP contribution in [0.3, 0.4) is 0 Å². The van der Waals surface area contributed by atoms with Gasteiger partial charge in [-0.2, -0.15) is 12.7 Å². The summed E-state index contributed by atoms with van der Waals surface area (Å²) in [6.07, 6.45) is 7.94. The van der Waals surface area contributed by atoms with Crippen LogP contribution >= 0.6 is 0 Å². The maximum absolute atomic E-state index is 13.5. The Labute approximate surface area is 268 Å². The van der Waals surface area contributed by atoms with Crippen molar-refractivity contribution in [1.29, 1.82) is 0 Å². The molecule has 1 N–H and O–H groups in total. The molecule has 3 aliphatic rings. The Hall–Kier alpha value is -2.92. The molecule has 0 saturated heterocycles. The van der Waals surface area contributed by atoms with Crippen molar-refractivity contribution < 1.29 is 17.9 Å². The number of carbonyl (C=O) groups excluding carboxylic acids is 1. The Morgan fingerprint density at radius 2 is 1.76 bits per heavy atom. The van der Waals surface area contributed by atoms with E-state index in [0.717, 1.165) is 67.5 Å². The fraction of sp³-hybridized carbons (Fsp3) is 0.571. The first kappa shape index (κ1) is 32.0. The molecule has 3 aromatic rings. The Morgan fingerprint density at radius 1 is 0.978 bits per heavy atom. The first-order valence-electron chi connectivity index (χ1n) is 16.8. The third-order valence-corrected chi connectivity index (χ3v) is 11.7. The number of fused-ring (bicyclic) bond motifs is 4. The molecule has 1 amide bonds. The minimum Gasteiger partial charge on any atom is -0.491 e. The van der Waals surface area contributed by atoms with Crippen LogP contribution in [0.4, 0.5) is 0 Å². The summed E-state index contributed by atoms with van der Waals surface area (Å²) in [4.78, 5) is 18.2. The Bertz CT molecular complexity index is 1650. The van der Waals surface area contributed by atoms with Crippen LogP contribution in [0.2, 0.25) is 0 Å². The van der Waals surface area contributed by atoms with Crippen molar-refractivity contribution in [1.82, 2.24) is 23.4 Å². The molecule has 2 aliphatic heterocycles. The van der Waals surface area contributed by atoms with Crippen LogP contribution in [-0.4, -0.2) is 92.5 Å². The van der Waals surface area contributed by atoms with Gasteiger partial charge in [0.1, 0.15) is 12.4 Å². The molecule has 1 aromatic heterocycles. The molecular weight excluding hydrogens is 586 g/mol. The minimum atomic E-state index is -4.00. The van der Waals surface area contributed by atoms with Crippen molar-refractivity contribution in [3.63, 3.8) is 0 Å². The van der Waals surface area contributed by atoms with Crippen LogP contribution in [0.1, 0.15) is 79.8 Å². The van der Waals surface area contributed by atoms with Gasteiger partial charge in [0.25, 0.3) is 5.91 Å². The molecule has 1 fully saturated rings. The highest BCUT2D eigenvalue weighted by atomic mass is 32.2. The summed E-state index contributed by atoms with van der Waals surface area (Å²) in [6, 6.07) is 12.4. The van der Waals surface area contributed by atoms with Gasteiger partial charge in [0, 0.05) is 61.8 Å². The van der Waals surface area contributed by atoms with Gasteiger partial charge in [0.05, 0.1) is 11.7 Å². The van der Waals surface area contributed by atoms with Crippen LogP contribution in [-0.2, 0) is 23.2 Å². The van der Waals surface area contributed by atoms with Crippen LogP contribution in [0, 0.1) is 0 Å². The van der Waals surface area contributed by atoms with E-state index in [1.807, 2.05) is 6.07 Å². The zero-order chi connectivity index (χ0) is 31.7. The van der Waals surface area contributed by atoms with E-state index in [1.54, 1.807) is 6.07 Å². The van der Waals surface area contributed by atoms with Crippen LogP contribution in [0.5, 0.6) is 5.75 Å². The number of ether oxygens (including phenoxy) is 1. The Balaban J connectivity index is 1.59. The van der Waals surface area contributed by atoms with E-state index < -0.39 is 16.1 Å². The predicted molar refractivity (Wildman–Crippen MR) is 180 cm³/mol. The normalized spacial score (nSPS) is 22.6. The Kier molecular flexibility index (Phi) is 9.57. The molecule has 1 aliphatic carbocycles. The average molecular weight is 636 g/mol. The zero-order valence-electron chi connectivity index (χ0n) is 27.3. The second-order valence-corrected chi connectivity index (χ2v) is 14.9. The number of rotatable bonds is 4. The highest BCUT2D eigenvalue weighted by molar-refractivity contribution is 7.87. The van der Waals surface area contributed by atoms with Crippen molar-refractivity contribution >= 4 is 27.0 Å². The first-order chi connectivity index (χ1) is 21.7. The molecule has 0 radical (unpaired) electrons. The standard InChI is InChI=1S/C35H49N5O4S/c1-5-11-26-14-10-15-30-33-32(25-12-8-7-9-13-25)29-17-16-27-22-31(29)40(33)23-28(24-44-34(26)30)37(3)18-20-39(6-2)21-19-38(4)45(42,43)36-35(27)41/h10,14-17,22,25,28H,5-9,11-13,18-21,23-24H2,1-4H3,(H,36,41). The third kappa shape index (κ3) is 6.39. The van der Waals surface area contributed by atoms with Gasteiger partial charge in [-0.3, -0.25) is 9.69 Å². The van der Waals surface area contributed by atoms with Crippen molar-refractivity contribution in [2.24, 2.45) is 0 Å². The van der Waals surface area contributed by atoms with E-state index in [-0.39, 0.29) is 6.04 Å². The fourth-order valence-corrected chi connectivity index (χ4v) is 8.32. The lowest BCUT2D eigenvalue weighted by Gasteiger charge is -2.34. The van der Waals surface area contributed by atoms with E-state index in [0.29, 0.717) is 37.7 Å². The molecule has 4 bridgehead atoms. The van der Waals surface area contributed by atoms with Crippen molar-refractivity contribution in [3.8, 4) is 17.0 Å². The summed E-state index contributed by atoms with van der Waals surface area (Å²) in [5.41, 5.74) is 6.24. The van der Waals surface area contributed by atoms with Crippen molar-refractivity contribution in [2.75, 3.05) is 53.4 Å². The number of nitrogens with zero attached hydrogens (tertiary/aromatic N) is 4. The monoisotopic (exact) mass is 635 g/mol. The highest BCUT2D eigenvalue weighted by Crippen LogP contribution is 2.48. The third-order valence-electron chi connectivity index (χ3n) is 10.3. The molecule has 1 unspecified atom stereocenters. The number of nitrogens with one attached hydrogen (secondary N) is 1. The second-order valence-electron chi connectivity index (χ2n) is 13.1. The molecule has 6 rings (SSSR count). The number of aromatic nitrogens is 1. The number of para-hydroxylation sites is 1. The maximum atomic E-state index is 13.5. The van der Waals surface area contributed by atoms with Gasteiger partial charge < -0.3 is 14.2 Å². The lowest BCUT2D eigenvalue weighted by Crippen LogP contribution is -2.47. The highest BCUT2D eigenvalue weighted by Gasteiger charge is 2.33. The number of carbonyl (C=O) groups is 1. The summed E-state index contributed by atoms with van der Waals surface area (Å²) in [5, 5.41) is 1.15. The predicted octanol–water partition coefficient (Wildman–Crippen LogP) is 5.24. The van der Waals surface area contributed by atoms with Gasteiger partial charge >= 0.3 is 10.2 Å². The molecule has 10 heteroatoms. The number of likely N-dealkylation sites (N-methyl/N-ethyl adjacent to an activating group) is 3. The van der Waals surface area contributed by atoms with E-state index in [9.17, 15) is 13.2 Å². The summed E-state index contributed by atoms with van der Waals surface area (Å²) in [5.74, 6) is 0.790. The summed E-state index contributed by atoms with van der Waals surface area (Å²) in [7, 11) is -0.295. The Morgan fingerprint density at radius 3 is 2.51 bits per heavy atom. The van der Waals surface area contributed by atoms with Crippen molar-refractivity contribution in [3.05, 3.63) is 53.1 Å². The average Bonchev–Trinajstić information content (AvgIpc) is 3.34. The SMILES string of the molecule is CCCc1cccc2c1OCC1Cn3c-2c(C2CCCCC2)c2ccc(cc23)C(=O)NS(=O)(=O)N(C)CCN(CC)CCN1C. The molecule has 0 spiro atoms. The summed E-state index contributed by atoms with van der Waals surface area (Å²) < 4.78 is 39.2. The molecule has 45 heavy (non-hydrogen) atoms. The first-order valence-corrected chi connectivity index (χ1v) is 18.3. The molecule has 1 saturated carbocycles. The number of aryl methyl sites for hydroxylation is 1. The van der Waals surface area contributed by atoms with Gasteiger partial charge in [-0.1, -0.05) is 57.7 Å². The lowest BCUT2D eigenvalue weighted by molar-refractivity contribution is 0.0979. The fourth-order valence-electron chi connectivity index (χ4n) is 7.49. The molecule has 1 atom stereocenters.